The van der Waals surface area contributed by atoms with Crippen molar-refractivity contribution in [2.75, 3.05) is 57.4 Å². The quantitative estimate of drug-likeness (QED) is 0.857. The minimum Gasteiger partial charge on any atom is -0.378 e. The first-order valence-corrected chi connectivity index (χ1v) is 7.27. The Kier molecular flexibility index (Phi) is 4.18. The molecule has 1 N–H and O–H groups in total. The molecule has 2 heterocycles. The summed E-state index contributed by atoms with van der Waals surface area (Å²) in [4.78, 5) is 16.5. The van der Waals surface area contributed by atoms with E-state index in [9.17, 15) is 4.79 Å². The van der Waals surface area contributed by atoms with Crippen LogP contribution in [0.1, 0.15) is 10.4 Å². The number of hydrogen-bond donors (Lipinski definition) is 1. The number of morpholine rings is 1. The molecule has 1 amide bonds. The van der Waals surface area contributed by atoms with Crippen molar-refractivity contribution in [3.63, 3.8) is 0 Å². The average molecular weight is 275 g/mol. The number of ether oxygens (including phenoxy) is 1. The fourth-order valence-electron chi connectivity index (χ4n) is 2.69. The van der Waals surface area contributed by atoms with Crippen molar-refractivity contribution in [3.05, 3.63) is 29.8 Å². The fourth-order valence-corrected chi connectivity index (χ4v) is 2.69. The van der Waals surface area contributed by atoms with Gasteiger partial charge in [-0.1, -0.05) is 0 Å². The summed E-state index contributed by atoms with van der Waals surface area (Å²) in [6.07, 6.45) is 0. The van der Waals surface area contributed by atoms with Gasteiger partial charge in [0.2, 0.25) is 0 Å². The van der Waals surface area contributed by atoms with Crippen molar-refractivity contribution in [2.45, 2.75) is 0 Å². The lowest BCUT2D eigenvalue weighted by molar-refractivity contribution is 0.0303. The van der Waals surface area contributed by atoms with Crippen LogP contribution >= 0.6 is 0 Å². The predicted octanol–water partition coefficient (Wildman–Crippen LogP) is 0.569. The SMILES string of the molecule is O=C(c1ccc(N2CCNCC2)cc1)N1CCOCC1. The number of carbonyl (C=O) groups is 1. The normalized spacial score (nSPS) is 20.0. The van der Waals surface area contributed by atoms with E-state index < -0.39 is 0 Å². The molecule has 1 aromatic rings. The van der Waals surface area contributed by atoms with Crippen LogP contribution in [0.2, 0.25) is 0 Å². The molecule has 0 radical (unpaired) electrons. The third kappa shape index (κ3) is 2.94. The molecular weight excluding hydrogens is 254 g/mol. The lowest BCUT2D eigenvalue weighted by Crippen LogP contribution is -2.43. The summed E-state index contributed by atoms with van der Waals surface area (Å²) in [5, 5.41) is 3.34. The third-order valence-electron chi connectivity index (χ3n) is 3.89. The highest BCUT2D eigenvalue weighted by atomic mass is 16.5. The highest BCUT2D eigenvalue weighted by Gasteiger charge is 2.18. The molecule has 2 aliphatic heterocycles. The smallest absolute Gasteiger partial charge is 0.254 e. The Balaban J connectivity index is 1.67. The van der Waals surface area contributed by atoms with Gasteiger partial charge in [0, 0.05) is 50.5 Å². The molecule has 3 rings (SSSR count). The average Bonchev–Trinajstić information content (AvgIpc) is 2.56. The molecule has 5 heteroatoms. The van der Waals surface area contributed by atoms with Gasteiger partial charge >= 0.3 is 0 Å². The number of amides is 1. The van der Waals surface area contributed by atoms with Gasteiger partial charge in [0.25, 0.3) is 5.91 Å². The molecular formula is C15H21N3O2. The zero-order valence-corrected chi connectivity index (χ0v) is 11.7. The van der Waals surface area contributed by atoms with Gasteiger partial charge in [-0.25, -0.2) is 0 Å². The van der Waals surface area contributed by atoms with Crippen LogP contribution in [0.5, 0.6) is 0 Å². The molecule has 0 atom stereocenters. The van der Waals surface area contributed by atoms with E-state index in [0.717, 1.165) is 31.7 Å². The Morgan fingerprint density at radius 2 is 1.65 bits per heavy atom. The summed E-state index contributed by atoms with van der Waals surface area (Å²) in [5.41, 5.74) is 1.97. The van der Waals surface area contributed by atoms with Gasteiger partial charge in [-0.05, 0) is 24.3 Å². The molecule has 5 nitrogen and oxygen atoms in total. The van der Waals surface area contributed by atoms with Gasteiger partial charge in [0.1, 0.15) is 0 Å². The Labute approximate surface area is 119 Å². The van der Waals surface area contributed by atoms with Gasteiger partial charge in [0.15, 0.2) is 0 Å². The first-order chi connectivity index (χ1) is 9.84. The number of nitrogens with one attached hydrogen (secondary N) is 1. The number of piperazine rings is 1. The largest absolute Gasteiger partial charge is 0.378 e. The first-order valence-electron chi connectivity index (χ1n) is 7.27. The van der Waals surface area contributed by atoms with Crippen molar-refractivity contribution in [3.8, 4) is 0 Å². The number of rotatable bonds is 2. The molecule has 0 spiro atoms. The highest BCUT2D eigenvalue weighted by molar-refractivity contribution is 5.94. The molecule has 0 bridgehead atoms. The minimum absolute atomic E-state index is 0.111. The standard InChI is InChI=1S/C15H21N3O2/c19-15(18-9-11-20-12-10-18)13-1-3-14(4-2-13)17-7-5-16-6-8-17/h1-4,16H,5-12H2. The van der Waals surface area contributed by atoms with Crippen molar-refractivity contribution in [1.29, 1.82) is 0 Å². The van der Waals surface area contributed by atoms with E-state index in [4.69, 9.17) is 4.74 Å². The fraction of sp³-hybridized carbons (Fsp3) is 0.533. The molecule has 108 valence electrons. The lowest BCUT2D eigenvalue weighted by atomic mass is 10.1. The summed E-state index contributed by atoms with van der Waals surface area (Å²) < 4.78 is 5.28. The maximum absolute atomic E-state index is 12.3. The lowest BCUT2D eigenvalue weighted by Gasteiger charge is -2.30. The second-order valence-corrected chi connectivity index (χ2v) is 5.19. The summed E-state index contributed by atoms with van der Waals surface area (Å²) >= 11 is 0. The maximum Gasteiger partial charge on any atom is 0.254 e. The van der Waals surface area contributed by atoms with Crippen LogP contribution in [0.4, 0.5) is 5.69 Å². The van der Waals surface area contributed by atoms with E-state index in [2.05, 4.69) is 22.3 Å². The Bertz CT molecular complexity index is 449. The zero-order valence-electron chi connectivity index (χ0n) is 11.7. The number of benzene rings is 1. The number of nitrogens with zero attached hydrogens (tertiary/aromatic N) is 2. The van der Waals surface area contributed by atoms with Crippen LogP contribution in [-0.4, -0.2) is 63.3 Å². The van der Waals surface area contributed by atoms with Gasteiger partial charge in [-0.3, -0.25) is 4.79 Å². The maximum atomic E-state index is 12.3. The van der Waals surface area contributed by atoms with Gasteiger partial charge < -0.3 is 19.9 Å². The number of hydrogen-bond acceptors (Lipinski definition) is 4. The topological polar surface area (TPSA) is 44.8 Å². The highest BCUT2D eigenvalue weighted by Crippen LogP contribution is 2.17. The Morgan fingerprint density at radius 3 is 2.30 bits per heavy atom. The van der Waals surface area contributed by atoms with Gasteiger partial charge in [-0.2, -0.15) is 0 Å². The Hall–Kier alpha value is -1.59. The molecule has 20 heavy (non-hydrogen) atoms. The van der Waals surface area contributed by atoms with E-state index in [1.165, 1.54) is 5.69 Å². The molecule has 1 aromatic carbocycles. The van der Waals surface area contributed by atoms with E-state index >= 15 is 0 Å². The zero-order chi connectivity index (χ0) is 13.8. The summed E-state index contributed by atoms with van der Waals surface area (Å²) in [6, 6.07) is 7.99. The van der Waals surface area contributed by atoms with Crippen molar-refractivity contribution >= 4 is 11.6 Å². The van der Waals surface area contributed by atoms with Crippen LogP contribution in [-0.2, 0) is 4.74 Å². The van der Waals surface area contributed by atoms with Crippen molar-refractivity contribution < 1.29 is 9.53 Å². The van der Waals surface area contributed by atoms with E-state index in [-0.39, 0.29) is 5.91 Å². The molecule has 2 fully saturated rings. The first kappa shape index (κ1) is 13.4. The van der Waals surface area contributed by atoms with Crippen LogP contribution in [0, 0.1) is 0 Å². The summed E-state index contributed by atoms with van der Waals surface area (Å²) in [7, 11) is 0. The van der Waals surface area contributed by atoms with Gasteiger partial charge in [0.05, 0.1) is 13.2 Å². The third-order valence-corrected chi connectivity index (χ3v) is 3.89. The van der Waals surface area contributed by atoms with E-state index in [0.29, 0.717) is 26.3 Å². The van der Waals surface area contributed by atoms with Crippen LogP contribution in [0.25, 0.3) is 0 Å². The molecule has 2 saturated heterocycles. The molecule has 0 unspecified atom stereocenters. The predicted molar refractivity (Wildman–Crippen MR) is 78.2 cm³/mol. The molecule has 0 aromatic heterocycles. The van der Waals surface area contributed by atoms with Gasteiger partial charge in [-0.15, -0.1) is 0 Å². The number of carbonyl (C=O) groups excluding carboxylic acids is 1. The van der Waals surface area contributed by atoms with E-state index in [1.807, 2.05) is 17.0 Å². The van der Waals surface area contributed by atoms with Crippen LogP contribution in [0.15, 0.2) is 24.3 Å². The second-order valence-electron chi connectivity index (χ2n) is 5.19. The molecule has 0 saturated carbocycles. The number of anilines is 1. The summed E-state index contributed by atoms with van der Waals surface area (Å²) in [5.74, 6) is 0.111. The van der Waals surface area contributed by atoms with Crippen LogP contribution < -0.4 is 10.2 Å². The van der Waals surface area contributed by atoms with Crippen molar-refractivity contribution in [2.24, 2.45) is 0 Å². The van der Waals surface area contributed by atoms with E-state index in [1.54, 1.807) is 0 Å². The summed E-state index contributed by atoms with van der Waals surface area (Å²) in [6.45, 7) is 6.77. The Morgan fingerprint density at radius 1 is 1.00 bits per heavy atom. The molecule has 2 aliphatic rings. The molecule has 0 aliphatic carbocycles. The second kappa shape index (κ2) is 6.24. The van der Waals surface area contributed by atoms with Crippen molar-refractivity contribution in [1.82, 2.24) is 10.2 Å². The minimum atomic E-state index is 0.111. The van der Waals surface area contributed by atoms with Crippen LogP contribution in [0.3, 0.4) is 0 Å². The monoisotopic (exact) mass is 275 g/mol.